The van der Waals surface area contributed by atoms with Gasteiger partial charge >= 0.3 is 0 Å². The van der Waals surface area contributed by atoms with Gasteiger partial charge in [-0.05, 0) is 0 Å². The number of hydrogen-bond acceptors (Lipinski definition) is 3. The van der Waals surface area contributed by atoms with Crippen molar-refractivity contribution >= 4 is 6.47 Å². The third kappa shape index (κ3) is 1.55. The minimum absolute atomic E-state index is 0.199. The molecule has 3 heteroatoms. The molecule has 3 nitrogen and oxygen atoms in total. The Labute approximate surface area is 41.2 Å². The molecule has 40 valence electrons. The molecule has 0 unspecified atom stereocenters. The van der Waals surface area contributed by atoms with Crippen molar-refractivity contribution < 1.29 is 14.3 Å². The Morgan fingerprint density at radius 3 is 3.14 bits per heavy atom. The van der Waals surface area contributed by atoms with Crippen LogP contribution in [-0.2, 0) is 14.3 Å². The number of epoxide rings is 1. The first-order valence-electron chi connectivity index (χ1n) is 2.10. The van der Waals surface area contributed by atoms with Crippen molar-refractivity contribution in [3.8, 4) is 0 Å². The van der Waals surface area contributed by atoms with Crippen molar-refractivity contribution in [1.29, 1.82) is 0 Å². The van der Waals surface area contributed by atoms with Crippen LogP contribution in [0.25, 0.3) is 0 Å². The molecule has 1 atom stereocenters. The second-order valence-corrected chi connectivity index (χ2v) is 1.38. The zero-order chi connectivity index (χ0) is 5.11. The summed E-state index contributed by atoms with van der Waals surface area (Å²) in [7, 11) is 0. The summed E-state index contributed by atoms with van der Waals surface area (Å²) in [6.45, 7) is 1.60. The van der Waals surface area contributed by atoms with E-state index in [4.69, 9.17) is 4.74 Å². The van der Waals surface area contributed by atoms with E-state index in [1.807, 2.05) is 0 Å². The first-order valence-corrected chi connectivity index (χ1v) is 2.10. The molecule has 1 aliphatic heterocycles. The minimum Gasteiger partial charge on any atom is -0.465 e. The smallest absolute Gasteiger partial charge is 0.293 e. The Morgan fingerprint density at radius 2 is 2.71 bits per heavy atom. The molecule has 0 radical (unpaired) electrons. The predicted octanol–water partition coefficient (Wildman–Crippen LogP) is -0.442. The van der Waals surface area contributed by atoms with Crippen molar-refractivity contribution in [3.63, 3.8) is 0 Å². The van der Waals surface area contributed by atoms with E-state index in [2.05, 4.69) is 4.74 Å². The Balaban J connectivity index is 1.88. The molecule has 0 spiro atoms. The van der Waals surface area contributed by atoms with Gasteiger partial charge in [0, 0.05) is 0 Å². The van der Waals surface area contributed by atoms with Crippen LogP contribution >= 0.6 is 0 Å². The standard InChI is InChI=1S/C4H6O3/c5-3-6-1-4-2-7-4/h3-4H,1-2H2/t4-/m1/s1. The average molecular weight is 102 g/mol. The van der Waals surface area contributed by atoms with Crippen LogP contribution in [0.15, 0.2) is 0 Å². The number of ether oxygens (including phenoxy) is 2. The molecule has 0 saturated carbocycles. The SMILES string of the molecule is O=COC[C@@H]1CO1. The van der Waals surface area contributed by atoms with E-state index in [0.717, 1.165) is 6.61 Å². The highest BCUT2D eigenvalue weighted by molar-refractivity contribution is 5.36. The fourth-order valence-electron chi connectivity index (χ4n) is 0.311. The van der Waals surface area contributed by atoms with E-state index in [9.17, 15) is 4.79 Å². The summed E-state index contributed by atoms with van der Waals surface area (Å²) in [4.78, 5) is 9.46. The lowest BCUT2D eigenvalue weighted by Crippen LogP contribution is -1.97. The summed E-state index contributed by atoms with van der Waals surface area (Å²) in [5.41, 5.74) is 0. The van der Waals surface area contributed by atoms with E-state index < -0.39 is 0 Å². The van der Waals surface area contributed by atoms with Gasteiger partial charge in [-0.3, -0.25) is 4.79 Å². The quantitative estimate of drug-likeness (QED) is 0.358. The predicted molar refractivity (Wildman–Crippen MR) is 21.8 cm³/mol. The number of carbonyl (C=O) groups is 1. The molecular weight excluding hydrogens is 96.0 g/mol. The molecule has 0 amide bonds. The molecule has 7 heavy (non-hydrogen) atoms. The third-order valence-electron chi connectivity index (χ3n) is 0.753. The van der Waals surface area contributed by atoms with Gasteiger partial charge in [-0.25, -0.2) is 0 Å². The fourth-order valence-corrected chi connectivity index (χ4v) is 0.311. The van der Waals surface area contributed by atoms with Crippen LogP contribution in [0.5, 0.6) is 0 Å². The topological polar surface area (TPSA) is 38.8 Å². The largest absolute Gasteiger partial charge is 0.465 e. The zero-order valence-corrected chi connectivity index (χ0v) is 3.79. The minimum atomic E-state index is 0.199. The van der Waals surface area contributed by atoms with Gasteiger partial charge in [-0.15, -0.1) is 0 Å². The molecule has 1 heterocycles. The summed E-state index contributed by atoms with van der Waals surface area (Å²) in [5.74, 6) is 0. The van der Waals surface area contributed by atoms with Crippen molar-refractivity contribution in [2.24, 2.45) is 0 Å². The second-order valence-electron chi connectivity index (χ2n) is 1.38. The normalized spacial score (nSPS) is 26.6. The molecule has 0 bridgehead atoms. The summed E-state index contributed by atoms with van der Waals surface area (Å²) in [6, 6.07) is 0. The Morgan fingerprint density at radius 1 is 2.00 bits per heavy atom. The number of carbonyl (C=O) groups excluding carboxylic acids is 1. The molecule has 1 rings (SSSR count). The molecule has 0 N–H and O–H groups in total. The maximum absolute atomic E-state index is 9.46. The second kappa shape index (κ2) is 1.93. The summed E-state index contributed by atoms with van der Waals surface area (Å²) < 4.78 is 9.08. The highest BCUT2D eigenvalue weighted by Crippen LogP contribution is 2.07. The molecule has 0 aromatic carbocycles. The molecule has 1 aliphatic rings. The first-order chi connectivity index (χ1) is 3.43. The lowest BCUT2D eigenvalue weighted by Gasteiger charge is -1.86. The van der Waals surface area contributed by atoms with Crippen LogP contribution in [0, 0.1) is 0 Å². The lowest BCUT2D eigenvalue weighted by molar-refractivity contribution is -0.129. The van der Waals surface area contributed by atoms with Crippen LogP contribution in [0.2, 0.25) is 0 Å². The maximum atomic E-state index is 9.46. The van der Waals surface area contributed by atoms with E-state index in [0.29, 0.717) is 13.1 Å². The highest BCUT2D eigenvalue weighted by atomic mass is 16.6. The lowest BCUT2D eigenvalue weighted by atomic mass is 10.5. The van der Waals surface area contributed by atoms with Gasteiger partial charge < -0.3 is 9.47 Å². The van der Waals surface area contributed by atoms with Gasteiger partial charge in [0.25, 0.3) is 6.47 Å². The Bertz CT molecular complexity index is 67.3. The van der Waals surface area contributed by atoms with Crippen LogP contribution in [0.1, 0.15) is 0 Å². The van der Waals surface area contributed by atoms with Gasteiger partial charge in [-0.2, -0.15) is 0 Å². The van der Waals surface area contributed by atoms with E-state index in [-0.39, 0.29) is 6.10 Å². The van der Waals surface area contributed by atoms with Crippen LogP contribution in [0.3, 0.4) is 0 Å². The average Bonchev–Trinajstić information content (AvgIpc) is 2.42. The van der Waals surface area contributed by atoms with Gasteiger partial charge in [0.05, 0.1) is 6.61 Å². The maximum Gasteiger partial charge on any atom is 0.293 e. The van der Waals surface area contributed by atoms with Crippen LogP contribution < -0.4 is 0 Å². The summed E-state index contributed by atoms with van der Waals surface area (Å²) >= 11 is 0. The van der Waals surface area contributed by atoms with E-state index in [1.165, 1.54) is 0 Å². The molecule has 1 saturated heterocycles. The van der Waals surface area contributed by atoms with Crippen LogP contribution in [-0.4, -0.2) is 25.8 Å². The monoisotopic (exact) mass is 102 g/mol. The highest BCUT2D eigenvalue weighted by Gasteiger charge is 2.22. The van der Waals surface area contributed by atoms with Crippen LogP contribution in [0.4, 0.5) is 0 Å². The number of rotatable bonds is 3. The third-order valence-corrected chi connectivity index (χ3v) is 0.753. The van der Waals surface area contributed by atoms with E-state index >= 15 is 0 Å². The summed E-state index contributed by atoms with van der Waals surface area (Å²) in [6.07, 6.45) is 0.199. The van der Waals surface area contributed by atoms with Gasteiger partial charge in [-0.1, -0.05) is 0 Å². The van der Waals surface area contributed by atoms with Gasteiger partial charge in [0.1, 0.15) is 12.7 Å². The Hall–Kier alpha value is -0.570. The van der Waals surface area contributed by atoms with Gasteiger partial charge in [0.15, 0.2) is 0 Å². The Kier molecular flexibility index (Phi) is 1.26. The molecular formula is C4H6O3. The van der Waals surface area contributed by atoms with Crippen molar-refractivity contribution in [2.75, 3.05) is 13.2 Å². The fraction of sp³-hybridized carbons (Fsp3) is 0.750. The molecule has 1 fully saturated rings. The van der Waals surface area contributed by atoms with Gasteiger partial charge in [0.2, 0.25) is 0 Å². The van der Waals surface area contributed by atoms with E-state index in [1.54, 1.807) is 0 Å². The van der Waals surface area contributed by atoms with Crippen molar-refractivity contribution in [1.82, 2.24) is 0 Å². The zero-order valence-electron chi connectivity index (χ0n) is 3.79. The molecule has 0 aromatic rings. The number of hydrogen-bond donors (Lipinski definition) is 0. The molecule has 0 aliphatic carbocycles. The summed E-state index contributed by atoms with van der Waals surface area (Å²) in [5, 5.41) is 0. The molecule has 0 aromatic heterocycles. The van der Waals surface area contributed by atoms with Crippen molar-refractivity contribution in [2.45, 2.75) is 6.10 Å². The van der Waals surface area contributed by atoms with Crippen molar-refractivity contribution in [3.05, 3.63) is 0 Å². The first kappa shape index (κ1) is 4.59.